The molecule has 6 aromatic heterocycles. The van der Waals surface area contributed by atoms with E-state index in [4.69, 9.17) is 24.9 Å². The van der Waals surface area contributed by atoms with Gasteiger partial charge in [0.1, 0.15) is 0 Å². The first-order chi connectivity index (χ1) is 31.2. The van der Waals surface area contributed by atoms with Crippen LogP contribution in [0.15, 0.2) is 201 Å². The molecule has 13 aromatic rings. The van der Waals surface area contributed by atoms with Crippen LogP contribution in [0.5, 0.6) is 0 Å². The number of thiophene rings is 1. The van der Waals surface area contributed by atoms with Gasteiger partial charge in [-0.3, -0.25) is 14.5 Å². The standard InChI is InChI=1S/C55H33N7S/c1-3-12-34(13-4-1)44-31-45(35-14-5-2-6-15-35)60-55(59-44)62-49-19-10-8-17-40(49)42-28-36(22-25-50(42)62)46-32-56-33-47(58-46)37-21-24-41-39-16-7-9-18-48(39)61(51(41)29-37)38-23-26-52-43(30-38)54-53(63-52)20-11-27-57-54/h1-33H. The molecule has 0 amide bonds. The lowest BCUT2D eigenvalue weighted by molar-refractivity contribution is 0.995. The zero-order valence-electron chi connectivity index (χ0n) is 33.6. The summed E-state index contributed by atoms with van der Waals surface area (Å²) in [5.74, 6) is 0.615. The van der Waals surface area contributed by atoms with Crippen LogP contribution in [0.3, 0.4) is 0 Å². The maximum Gasteiger partial charge on any atom is 0.235 e. The molecule has 0 atom stereocenters. The van der Waals surface area contributed by atoms with E-state index >= 15 is 0 Å². The summed E-state index contributed by atoms with van der Waals surface area (Å²) < 4.78 is 6.96. The molecule has 0 radical (unpaired) electrons. The van der Waals surface area contributed by atoms with Gasteiger partial charge in [-0.2, -0.15) is 0 Å². The number of hydrogen-bond acceptors (Lipinski definition) is 6. The SMILES string of the molecule is c1ccc(-c2cc(-c3ccccc3)nc(-n3c4ccccc4c4cc(-c5cncc(-c6ccc7c8ccccc8n(-c8ccc9sc%10cccnc%10c9c8)c7c6)n5)ccc43)n2)cc1. The summed E-state index contributed by atoms with van der Waals surface area (Å²) in [6, 6.07) is 63.8. The minimum absolute atomic E-state index is 0.615. The molecule has 0 aliphatic rings. The Labute approximate surface area is 364 Å². The summed E-state index contributed by atoms with van der Waals surface area (Å²) in [4.78, 5) is 25.2. The highest BCUT2D eigenvalue weighted by Crippen LogP contribution is 2.39. The number of para-hydroxylation sites is 2. The lowest BCUT2D eigenvalue weighted by Gasteiger charge is -2.12. The summed E-state index contributed by atoms with van der Waals surface area (Å²) in [5, 5.41) is 5.74. The molecule has 0 aliphatic heterocycles. The van der Waals surface area contributed by atoms with E-state index in [2.05, 4.69) is 149 Å². The average molecular weight is 824 g/mol. The third-order valence-corrected chi connectivity index (χ3v) is 13.2. The Bertz CT molecular complexity index is 3870. The lowest BCUT2D eigenvalue weighted by Crippen LogP contribution is -2.04. The van der Waals surface area contributed by atoms with Crippen LogP contribution in [0.1, 0.15) is 0 Å². The van der Waals surface area contributed by atoms with E-state index in [0.29, 0.717) is 5.95 Å². The fourth-order valence-corrected chi connectivity index (χ4v) is 10.2. The minimum Gasteiger partial charge on any atom is -0.309 e. The van der Waals surface area contributed by atoms with Crippen LogP contribution in [0.25, 0.3) is 121 Å². The van der Waals surface area contributed by atoms with Crippen LogP contribution >= 0.6 is 11.3 Å². The third kappa shape index (κ3) is 5.76. The molecule has 8 heteroatoms. The van der Waals surface area contributed by atoms with Gasteiger partial charge in [0.05, 0.1) is 67.5 Å². The van der Waals surface area contributed by atoms with Crippen LogP contribution in [-0.2, 0) is 0 Å². The summed E-state index contributed by atoms with van der Waals surface area (Å²) >= 11 is 1.78. The van der Waals surface area contributed by atoms with Crippen molar-refractivity contribution in [3.8, 4) is 56.7 Å². The van der Waals surface area contributed by atoms with E-state index in [1.807, 2.05) is 61.1 Å². The van der Waals surface area contributed by atoms with E-state index < -0.39 is 0 Å². The molecule has 0 bridgehead atoms. The smallest absolute Gasteiger partial charge is 0.235 e. The predicted octanol–water partition coefficient (Wildman–Crippen LogP) is 13.9. The van der Waals surface area contributed by atoms with Crippen molar-refractivity contribution in [1.82, 2.24) is 34.1 Å². The summed E-state index contributed by atoms with van der Waals surface area (Å²) in [5.41, 5.74) is 13.8. The normalized spacial score (nSPS) is 11.8. The van der Waals surface area contributed by atoms with Crippen molar-refractivity contribution in [2.24, 2.45) is 0 Å². The molecule has 0 spiro atoms. The van der Waals surface area contributed by atoms with Gasteiger partial charge in [-0.05, 0) is 66.7 Å². The minimum atomic E-state index is 0.615. The highest BCUT2D eigenvalue weighted by atomic mass is 32.1. The van der Waals surface area contributed by atoms with Crippen LogP contribution in [0.4, 0.5) is 0 Å². The summed E-state index contributed by atoms with van der Waals surface area (Å²) in [7, 11) is 0. The van der Waals surface area contributed by atoms with Gasteiger partial charge in [0.15, 0.2) is 0 Å². The average Bonchev–Trinajstić information content (AvgIpc) is 4.01. The molecule has 7 aromatic carbocycles. The maximum absolute atomic E-state index is 5.28. The monoisotopic (exact) mass is 823 g/mol. The van der Waals surface area contributed by atoms with Gasteiger partial charge in [0, 0.05) is 65.8 Å². The number of fused-ring (bicyclic) bond motifs is 9. The van der Waals surface area contributed by atoms with Crippen molar-refractivity contribution in [3.63, 3.8) is 0 Å². The lowest BCUT2D eigenvalue weighted by atomic mass is 10.1. The van der Waals surface area contributed by atoms with Gasteiger partial charge in [0.25, 0.3) is 0 Å². The highest BCUT2D eigenvalue weighted by molar-refractivity contribution is 7.25. The third-order valence-electron chi connectivity index (χ3n) is 12.1. The van der Waals surface area contributed by atoms with E-state index in [1.165, 1.54) is 25.6 Å². The number of benzene rings is 7. The quantitative estimate of drug-likeness (QED) is 0.167. The Hall–Kier alpha value is -8.33. The second kappa shape index (κ2) is 14.1. The van der Waals surface area contributed by atoms with Gasteiger partial charge in [0.2, 0.25) is 5.95 Å². The molecule has 0 unspecified atom stereocenters. The van der Waals surface area contributed by atoms with Crippen LogP contribution in [0, 0.1) is 0 Å². The number of hydrogen-bond donors (Lipinski definition) is 0. The molecule has 7 nitrogen and oxygen atoms in total. The Morgan fingerprint density at radius 2 is 0.984 bits per heavy atom. The fraction of sp³-hybridized carbons (Fsp3) is 0. The molecular formula is C55H33N7S. The molecular weight excluding hydrogens is 791 g/mol. The zero-order chi connectivity index (χ0) is 41.4. The predicted molar refractivity (Wildman–Crippen MR) is 259 cm³/mol. The fourth-order valence-electron chi connectivity index (χ4n) is 9.17. The Morgan fingerprint density at radius 3 is 1.73 bits per heavy atom. The van der Waals surface area contributed by atoms with Gasteiger partial charge in [-0.15, -0.1) is 11.3 Å². The molecule has 13 rings (SSSR count). The molecule has 0 aliphatic carbocycles. The molecule has 294 valence electrons. The van der Waals surface area contributed by atoms with Gasteiger partial charge < -0.3 is 4.57 Å². The van der Waals surface area contributed by atoms with E-state index in [1.54, 1.807) is 11.3 Å². The van der Waals surface area contributed by atoms with Crippen molar-refractivity contribution in [2.75, 3.05) is 0 Å². The maximum atomic E-state index is 5.28. The van der Waals surface area contributed by atoms with Gasteiger partial charge in [-0.25, -0.2) is 15.0 Å². The van der Waals surface area contributed by atoms with Crippen LogP contribution in [0.2, 0.25) is 0 Å². The summed E-state index contributed by atoms with van der Waals surface area (Å²) in [6.45, 7) is 0. The van der Waals surface area contributed by atoms with Gasteiger partial charge in [-0.1, -0.05) is 115 Å². The Balaban J connectivity index is 0.937. The summed E-state index contributed by atoms with van der Waals surface area (Å²) in [6.07, 6.45) is 5.59. The number of pyridine rings is 1. The molecule has 0 saturated carbocycles. The second-order valence-corrected chi connectivity index (χ2v) is 16.8. The van der Waals surface area contributed by atoms with E-state index in [0.717, 1.165) is 89.1 Å². The van der Waals surface area contributed by atoms with Crippen molar-refractivity contribution in [2.45, 2.75) is 0 Å². The second-order valence-electron chi connectivity index (χ2n) is 15.8. The van der Waals surface area contributed by atoms with E-state index in [-0.39, 0.29) is 0 Å². The molecule has 0 N–H and O–H groups in total. The van der Waals surface area contributed by atoms with Crippen molar-refractivity contribution in [1.29, 1.82) is 0 Å². The molecule has 0 saturated heterocycles. The molecule has 63 heavy (non-hydrogen) atoms. The van der Waals surface area contributed by atoms with Crippen molar-refractivity contribution in [3.05, 3.63) is 201 Å². The molecule has 6 heterocycles. The van der Waals surface area contributed by atoms with Crippen LogP contribution < -0.4 is 0 Å². The first-order valence-electron chi connectivity index (χ1n) is 20.9. The van der Waals surface area contributed by atoms with Crippen molar-refractivity contribution < 1.29 is 0 Å². The highest BCUT2D eigenvalue weighted by Gasteiger charge is 2.19. The zero-order valence-corrected chi connectivity index (χ0v) is 34.4. The van der Waals surface area contributed by atoms with E-state index in [9.17, 15) is 0 Å². The number of aromatic nitrogens is 7. The largest absolute Gasteiger partial charge is 0.309 e. The first kappa shape index (κ1) is 35.4. The molecule has 0 fully saturated rings. The van der Waals surface area contributed by atoms with Gasteiger partial charge >= 0.3 is 0 Å². The topological polar surface area (TPSA) is 74.3 Å². The first-order valence-corrected chi connectivity index (χ1v) is 21.7. The Kier molecular flexibility index (Phi) is 7.94. The number of rotatable bonds is 6. The Morgan fingerprint density at radius 1 is 0.365 bits per heavy atom. The van der Waals surface area contributed by atoms with Crippen LogP contribution in [-0.4, -0.2) is 34.1 Å². The van der Waals surface area contributed by atoms with Crippen molar-refractivity contribution >= 4 is 75.3 Å². The number of nitrogens with zero attached hydrogens (tertiary/aromatic N) is 7.